The minimum atomic E-state index is 0.114. The highest BCUT2D eigenvalue weighted by molar-refractivity contribution is 5.93. The normalized spacial score (nSPS) is 12.6. The summed E-state index contributed by atoms with van der Waals surface area (Å²) >= 11 is 0. The smallest absolute Gasteiger partial charge is 0.247 e. The molecule has 0 aliphatic heterocycles. The summed E-state index contributed by atoms with van der Waals surface area (Å²) in [6, 6.07) is 0. The summed E-state index contributed by atoms with van der Waals surface area (Å²) in [4.78, 5) is 12.0. The molecule has 0 aliphatic rings. The molecule has 106 valence electrons. The third-order valence-electron chi connectivity index (χ3n) is 2.90. The van der Waals surface area contributed by atoms with Crippen molar-refractivity contribution in [3.05, 3.63) is 11.6 Å². The molecule has 18 heavy (non-hydrogen) atoms. The first-order valence-electron chi connectivity index (χ1n) is 7.32. The van der Waals surface area contributed by atoms with Gasteiger partial charge in [0.05, 0.1) is 0 Å². The first-order valence-corrected chi connectivity index (χ1v) is 7.32. The molecule has 0 rings (SSSR count). The monoisotopic (exact) mass is 253 g/mol. The molecule has 0 aromatic heterocycles. The van der Waals surface area contributed by atoms with Crippen molar-refractivity contribution in [1.29, 1.82) is 0 Å². The number of unbranched alkanes of at least 4 members (excludes halogenated alkanes) is 1. The quantitative estimate of drug-likeness (QED) is 0.510. The summed E-state index contributed by atoms with van der Waals surface area (Å²) in [6.45, 7) is 13.6. The first-order chi connectivity index (χ1) is 8.34. The predicted molar refractivity (Wildman–Crippen MR) is 79.5 cm³/mol. The molecule has 0 aromatic carbocycles. The first kappa shape index (κ1) is 17.2. The molecular formula is C16H31NO. The topological polar surface area (TPSA) is 29.1 Å². The van der Waals surface area contributed by atoms with E-state index in [2.05, 4.69) is 52.9 Å². The Morgan fingerprint density at radius 3 is 2.11 bits per heavy atom. The van der Waals surface area contributed by atoms with Crippen LogP contribution in [0.25, 0.3) is 0 Å². The van der Waals surface area contributed by atoms with Crippen LogP contribution in [0.3, 0.4) is 0 Å². The van der Waals surface area contributed by atoms with Crippen LogP contribution in [-0.4, -0.2) is 12.5 Å². The van der Waals surface area contributed by atoms with Crippen molar-refractivity contribution in [2.24, 2.45) is 17.8 Å². The van der Waals surface area contributed by atoms with Crippen LogP contribution in [0, 0.1) is 17.8 Å². The third kappa shape index (κ3) is 8.32. The van der Waals surface area contributed by atoms with Crippen LogP contribution in [0.1, 0.15) is 60.8 Å². The van der Waals surface area contributed by atoms with E-state index >= 15 is 0 Å². The van der Waals surface area contributed by atoms with Gasteiger partial charge in [-0.15, -0.1) is 0 Å². The van der Waals surface area contributed by atoms with Crippen LogP contribution in [-0.2, 0) is 4.79 Å². The van der Waals surface area contributed by atoms with Crippen molar-refractivity contribution in [2.75, 3.05) is 6.54 Å². The van der Waals surface area contributed by atoms with Crippen LogP contribution in [0.2, 0.25) is 0 Å². The molecule has 0 radical (unpaired) electrons. The highest BCUT2D eigenvalue weighted by atomic mass is 16.1. The Hall–Kier alpha value is -0.790. The van der Waals surface area contributed by atoms with Gasteiger partial charge in [0.1, 0.15) is 0 Å². The fourth-order valence-corrected chi connectivity index (χ4v) is 1.77. The number of hydrogen-bond donors (Lipinski definition) is 1. The van der Waals surface area contributed by atoms with Gasteiger partial charge in [0, 0.05) is 12.1 Å². The van der Waals surface area contributed by atoms with Gasteiger partial charge >= 0.3 is 0 Å². The van der Waals surface area contributed by atoms with E-state index in [1.165, 1.54) is 12.8 Å². The number of rotatable bonds is 8. The van der Waals surface area contributed by atoms with Crippen LogP contribution >= 0.6 is 0 Å². The van der Waals surface area contributed by atoms with Gasteiger partial charge in [-0.2, -0.15) is 0 Å². The molecule has 1 N–H and O–H groups in total. The van der Waals surface area contributed by atoms with Crippen LogP contribution in [0.5, 0.6) is 0 Å². The minimum Gasteiger partial charge on any atom is -0.352 e. The molecule has 0 unspecified atom stereocenters. The van der Waals surface area contributed by atoms with Crippen molar-refractivity contribution < 1.29 is 4.79 Å². The third-order valence-corrected chi connectivity index (χ3v) is 2.90. The molecular weight excluding hydrogens is 222 g/mol. The number of carbonyl (C=O) groups is 1. The maximum Gasteiger partial charge on any atom is 0.247 e. The van der Waals surface area contributed by atoms with Crippen molar-refractivity contribution in [2.45, 2.75) is 60.8 Å². The average Bonchev–Trinajstić information content (AvgIpc) is 2.24. The van der Waals surface area contributed by atoms with Gasteiger partial charge < -0.3 is 5.32 Å². The molecule has 2 heteroatoms. The molecule has 0 atom stereocenters. The largest absolute Gasteiger partial charge is 0.352 e. The van der Waals surface area contributed by atoms with Gasteiger partial charge in [-0.05, 0) is 30.6 Å². The zero-order valence-corrected chi connectivity index (χ0v) is 13.0. The lowest BCUT2D eigenvalue weighted by Gasteiger charge is -2.13. The standard InChI is InChI=1S/C16H31NO/c1-12(2)9-7-8-10-15(14(5)6)16(18)17-11-13(3)4/h10,12-14H,7-9,11H2,1-6H3,(H,17,18). The summed E-state index contributed by atoms with van der Waals surface area (Å²) in [5.41, 5.74) is 0.944. The molecule has 0 bridgehead atoms. The van der Waals surface area contributed by atoms with Crippen molar-refractivity contribution in [1.82, 2.24) is 5.32 Å². The molecule has 0 aliphatic carbocycles. The number of carbonyl (C=O) groups excluding carboxylic acids is 1. The number of allylic oxidation sites excluding steroid dienone is 1. The number of amides is 1. The lowest BCUT2D eigenvalue weighted by atomic mass is 9.99. The fraction of sp³-hybridized carbons (Fsp3) is 0.812. The Kier molecular flexibility index (Phi) is 8.78. The molecule has 0 saturated carbocycles. The van der Waals surface area contributed by atoms with Crippen LogP contribution in [0.4, 0.5) is 0 Å². The lowest BCUT2D eigenvalue weighted by Crippen LogP contribution is -2.30. The highest BCUT2D eigenvalue weighted by Gasteiger charge is 2.12. The number of nitrogens with one attached hydrogen (secondary N) is 1. The van der Waals surface area contributed by atoms with Crippen molar-refractivity contribution >= 4 is 5.91 Å². The predicted octanol–water partition coefficient (Wildman–Crippen LogP) is 4.17. The molecule has 0 heterocycles. The Balaban J connectivity index is 4.27. The average molecular weight is 253 g/mol. The summed E-state index contributed by atoms with van der Waals surface area (Å²) in [7, 11) is 0. The van der Waals surface area contributed by atoms with E-state index in [0.29, 0.717) is 11.8 Å². The molecule has 0 fully saturated rings. The summed E-state index contributed by atoms with van der Waals surface area (Å²) in [5, 5.41) is 3.01. The van der Waals surface area contributed by atoms with E-state index in [4.69, 9.17) is 0 Å². The highest BCUT2D eigenvalue weighted by Crippen LogP contribution is 2.14. The molecule has 1 amide bonds. The second-order valence-electron chi connectivity index (χ2n) is 6.24. The Morgan fingerprint density at radius 1 is 1.06 bits per heavy atom. The van der Waals surface area contributed by atoms with Gasteiger partial charge in [0.15, 0.2) is 0 Å². The van der Waals surface area contributed by atoms with E-state index in [9.17, 15) is 4.79 Å². The zero-order chi connectivity index (χ0) is 14.1. The van der Waals surface area contributed by atoms with Crippen molar-refractivity contribution in [3.8, 4) is 0 Å². The molecule has 0 saturated heterocycles. The van der Waals surface area contributed by atoms with Crippen molar-refractivity contribution in [3.63, 3.8) is 0 Å². The van der Waals surface area contributed by atoms with E-state index in [0.717, 1.165) is 24.5 Å². The van der Waals surface area contributed by atoms with Crippen LogP contribution < -0.4 is 5.32 Å². The summed E-state index contributed by atoms with van der Waals surface area (Å²) in [5.74, 6) is 1.67. The maximum atomic E-state index is 12.0. The van der Waals surface area contributed by atoms with Gasteiger partial charge in [0.2, 0.25) is 5.91 Å². The molecule has 0 spiro atoms. The molecule has 2 nitrogen and oxygen atoms in total. The van der Waals surface area contributed by atoms with E-state index in [1.807, 2.05) is 0 Å². The fourth-order valence-electron chi connectivity index (χ4n) is 1.77. The Labute approximate surface area is 113 Å². The van der Waals surface area contributed by atoms with Crippen LogP contribution in [0.15, 0.2) is 11.6 Å². The summed E-state index contributed by atoms with van der Waals surface area (Å²) in [6.07, 6.45) is 5.55. The molecule has 0 aromatic rings. The van der Waals surface area contributed by atoms with Gasteiger partial charge in [-0.25, -0.2) is 0 Å². The second kappa shape index (κ2) is 9.18. The van der Waals surface area contributed by atoms with Gasteiger partial charge in [-0.1, -0.05) is 54.0 Å². The second-order valence-corrected chi connectivity index (χ2v) is 6.24. The Morgan fingerprint density at radius 2 is 1.67 bits per heavy atom. The van der Waals surface area contributed by atoms with E-state index in [1.54, 1.807) is 0 Å². The summed E-state index contributed by atoms with van der Waals surface area (Å²) < 4.78 is 0. The van der Waals surface area contributed by atoms with E-state index in [-0.39, 0.29) is 5.91 Å². The van der Waals surface area contributed by atoms with Gasteiger partial charge in [-0.3, -0.25) is 4.79 Å². The SMILES string of the molecule is CC(C)CCCC=C(C(=O)NCC(C)C)C(C)C. The lowest BCUT2D eigenvalue weighted by molar-refractivity contribution is -0.118. The zero-order valence-electron chi connectivity index (χ0n) is 13.0. The van der Waals surface area contributed by atoms with Gasteiger partial charge in [0.25, 0.3) is 0 Å². The van der Waals surface area contributed by atoms with E-state index < -0.39 is 0 Å². The number of hydrogen-bond acceptors (Lipinski definition) is 1. The maximum absolute atomic E-state index is 12.0. The minimum absolute atomic E-state index is 0.114. The Bertz CT molecular complexity index is 264.